The minimum Gasteiger partial charge on any atom is -0.147 e. The van der Waals surface area contributed by atoms with Crippen molar-refractivity contribution in [3.63, 3.8) is 0 Å². The van der Waals surface area contributed by atoms with Gasteiger partial charge in [0.05, 0.1) is 0 Å². The van der Waals surface area contributed by atoms with Gasteiger partial charge in [-0.3, -0.25) is 0 Å². The Morgan fingerprint density at radius 2 is 1.10 bits per heavy atom. The zero-order valence-electron chi connectivity index (χ0n) is 13.9. The molecule has 123 valence electrons. The summed E-state index contributed by atoms with van der Waals surface area (Å²) >= 11 is -0.784. The topological polar surface area (TPSA) is 3.24 Å². The summed E-state index contributed by atoms with van der Waals surface area (Å²) in [5.41, 5.74) is 1.28. The van der Waals surface area contributed by atoms with Crippen LogP contribution in [0.3, 0.4) is 0 Å². The molecule has 0 N–H and O–H groups in total. The van der Waals surface area contributed by atoms with Gasteiger partial charge in [-0.05, 0) is 0 Å². The third kappa shape index (κ3) is 5.94. The van der Waals surface area contributed by atoms with E-state index in [2.05, 4.69) is 84.8 Å². The average Bonchev–Trinajstić information content (AvgIpc) is 2.13. The van der Waals surface area contributed by atoms with Crippen LogP contribution in [0.1, 0.15) is 41.5 Å². The second-order valence-corrected chi connectivity index (χ2v) is 13.2. The summed E-state index contributed by atoms with van der Waals surface area (Å²) in [6, 6.07) is 9.18. The van der Waals surface area contributed by atoms with Gasteiger partial charge in [0, 0.05) is 0 Å². The first-order valence-corrected chi connectivity index (χ1v) is 8.75. The first-order chi connectivity index (χ1) is 8.03. The van der Waals surface area contributed by atoms with E-state index < -0.39 is 16.8 Å². The maximum Gasteiger partial charge on any atom is -0.147 e. The fourth-order valence-corrected chi connectivity index (χ4v) is 9.06. The number of halogens is 2. The van der Waals surface area contributed by atoms with Gasteiger partial charge in [-0.2, -0.15) is 0 Å². The molecule has 4 heteroatoms. The number of hydrogen-bond donors (Lipinski definition) is 0. The molecule has 0 amide bonds. The van der Waals surface area contributed by atoms with E-state index in [0.29, 0.717) is 7.78 Å². The summed E-state index contributed by atoms with van der Waals surface area (Å²) in [6.07, 6.45) is 0. The molecule has 0 aromatic heterocycles. The van der Waals surface area contributed by atoms with E-state index in [1.165, 1.54) is 5.69 Å². The van der Waals surface area contributed by atoms with Crippen molar-refractivity contribution >= 4 is 34.5 Å². The Hall–Kier alpha value is 0.262. The van der Waals surface area contributed by atoms with Crippen LogP contribution in [-0.2, 0) is 16.8 Å². The third-order valence-corrected chi connectivity index (χ3v) is 8.53. The van der Waals surface area contributed by atoms with Gasteiger partial charge in [0.1, 0.15) is 0 Å². The molecule has 1 nitrogen and oxygen atoms in total. The summed E-state index contributed by atoms with van der Waals surface area (Å²) < 4.78 is 2.35. The molecule has 0 aliphatic rings. The van der Waals surface area contributed by atoms with Crippen LogP contribution < -0.4 is 8.94 Å². The molecule has 1 rings (SSSR count). The van der Waals surface area contributed by atoms with Gasteiger partial charge in [-0.1, -0.05) is 0 Å². The Kier molecular flexibility index (Phi) is 9.07. The van der Waals surface area contributed by atoms with Crippen LogP contribution in [0.2, 0.25) is 7.78 Å². The first kappa shape index (κ1) is 22.5. The molecule has 1 aromatic carbocycles. The van der Waals surface area contributed by atoms with Crippen molar-refractivity contribution in [1.29, 1.82) is 0 Å². The monoisotopic (exact) mass is 412 g/mol. The van der Waals surface area contributed by atoms with Crippen LogP contribution in [0.25, 0.3) is 0 Å². The quantitative estimate of drug-likeness (QED) is 0.597. The molecule has 1 aromatic rings. The molecule has 0 fully saturated rings. The van der Waals surface area contributed by atoms with Crippen LogP contribution in [0.15, 0.2) is 24.3 Å². The Labute approximate surface area is 143 Å². The molecule has 0 radical (unpaired) electrons. The number of nitrogens with zero attached hydrogens (tertiary/aromatic N) is 1. The number of hydrogen-bond acceptors (Lipinski definition) is 1. The van der Waals surface area contributed by atoms with Crippen molar-refractivity contribution in [3.05, 3.63) is 24.3 Å². The number of benzene rings is 1. The van der Waals surface area contributed by atoms with E-state index in [1.54, 1.807) is 4.04 Å². The maximum atomic E-state index is 2.39. The van der Waals surface area contributed by atoms with Gasteiger partial charge in [0.15, 0.2) is 0 Å². The number of rotatable bonds is 2. The van der Waals surface area contributed by atoms with Crippen LogP contribution in [-0.4, -0.2) is 14.1 Å². The van der Waals surface area contributed by atoms with Gasteiger partial charge in [0.25, 0.3) is 0 Å². The van der Waals surface area contributed by atoms with Crippen LogP contribution >= 0.6 is 24.8 Å². The Balaban J connectivity index is 0. The van der Waals surface area contributed by atoms with E-state index in [0.717, 1.165) is 0 Å². The summed E-state index contributed by atoms with van der Waals surface area (Å²) in [7, 11) is 4.19. The van der Waals surface area contributed by atoms with Gasteiger partial charge in [0.2, 0.25) is 0 Å². The van der Waals surface area contributed by atoms with Gasteiger partial charge in [-0.15, -0.1) is 24.8 Å². The molecule has 0 bridgehead atoms. The molecule has 0 aliphatic carbocycles. The van der Waals surface area contributed by atoms with Crippen molar-refractivity contribution in [3.8, 4) is 0 Å². The minimum absolute atomic E-state index is 0. The maximum absolute atomic E-state index is 2.39. The smallest absolute Gasteiger partial charge is 0.147 e. The summed E-state index contributed by atoms with van der Waals surface area (Å²) in [4.78, 5) is 2.16. The Bertz CT molecular complexity index is 374. The molecular formula is C16H30Cl2NPd. The molecule has 0 atom stereocenters. The van der Waals surface area contributed by atoms with E-state index in [9.17, 15) is 0 Å². The zero-order chi connectivity index (χ0) is 14.1. The zero-order valence-corrected chi connectivity index (χ0v) is 17.1. The fourth-order valence-electron chi connectivity index (χ4n) is 2.09. The van der Waals surface area contributed by atoms with E-state index in [4.69, 9.17) is 0 Å². The second-order valence-electron chi connectivity index (χ2n) is 6.52. The van der Waals surface area contributed by atoms with Crippen LogP contribution in [0.5, 0.6) is 0 Å². The molecule has 0 spiro atoms. The predicted molar refractivity (Wildman–Crippen MR) is 94.3 cm³/mol. The third-order valence-electron chi connectivity index (χ3n) is 2.45. The van der Waals surface area contributed by atoms with Crippen LogP contribution in [0.4, 0.5) is 5.69 Å². The molecule has 20 heavy (non-hydrogen) atoms. The summed E-state index contributed by atoms with van der Waals surface area (Å²) in [5.74, 6) is 0. The molecule has 0 unspecified atom stereocenters. The SMILES string of the molecule is CN(C)c1cc[c]([Pd]([C](C)(C)C)[C](C)(C)C)cc1.Cl.Cl. The number of anilines is 1. The Morgan fingerprint density at radius 3 is 1.35 bits per heavy atom. The standard InChI is InChI=1S/C8H10N.2C4H9.2ClH.Pd/c1-9(2)8-6-4-3-5-7-8;2*1-4(2)3;;;/h4-7H,1-2H3;2*1-3H3;2*1H;. The molecule has 0 aliphatic heterocycles. The average molecular weight is 414 g/mol. The second kappa shape index (κ2) is 8.04. The van der Waals surface area contributed by atoms with E-state index in [-0.39, 0.29) is 24.8 Å². The summed E-state index contributed by atoms with van der Waals surface area (Å²) in [5, 5.41) is 0. The molecular weight excluding hydrogens is 384 g/mol. The van der Waals surface area contributed by atoms with Gasteiger partial charge < -0.3 is 0 Å². The fraction of sp³-hybridized carbons (Fsp3) is 0.625. The largest absolute Gasteiger partial charge is 0.147 e. The minimum atomic E-state index is -0.784. The summed E-state index contributed by atoms with van der Waals surface area (Å²) in [6.45, 7) is 14.3. The van der Waals surface area contributed by atoms with E-state index in [1.807, 2.05) is 0 Å². The first-order valence-electron chi connectivity index (χ1n) is 6.41. The van der Waals surface area contributed by atoms with Gasteiger partial charge >= 0.3 is 119 Å². The predicted octanol–water partition coefficient (Wildman–Crippen LogP) is 5.28. The Morgan fingerprint density at radius 1 is 0.750 bits per heavy atom. The van der Waals surface area contributed by atoms with Crippen molar-refractivity contribution in [2.75, 3.05) is 19.0 Å². The van der Waals surface area contributed by atoms with Crippen LogP contribution in [0, 0.1) is 0 Å². The van der Waals surface area contributed by atoms with Crippen molar-refractivity contribution in [2.45, 2.75) is 49.3 Å². The molecule has 0 heterocycles. The van der Waals surface area contributed by atoms with Crippen molar-refractivity contribution in [2.24, 2.45) is 0 Å². The molecule has 0 saturated heterocycles. The van der Waals surface area contributed by atoms with E-state index >= 15 is 0 Å². The normalized spacial score (nSPS) is 12.1. The molecule has 0 saturated carbocycles. The van der Waals surface area contributed by atoms with Crippen molar-refractivity contribution < 1.29 is 16.8 Å². The van der Waals surface area contributed by atoms with Crippen molar-refractivity contribution in [1.82, 2.24) is 0 Å². The van der Waals surface area contributed by atoms with Gasteiger partial charge in [-0.25, -0.2) is 0 Å².